The Morgan fingerprint density at radius 2 is 1.78 bits per heavy atom. The molecular weight excluding hydrogens is 139 g/mol. The van der Waals surface area contributed by atoms with Crippen molar-refractivity contribution < 1.29 is 57.9 Å². The summed E-state index contributed by atoms with van der Waals surface area (Å²) in [5.74, 6) is 0. The second kappa shape index (κ2) is 5.59. The maximum Gasteiger partial charge on any atom is 1.00 e. The van der Waals surface area contributed by atoms with Crippen LogP contribution in [0.5, 0.6) is 0 Å². The molecule has 0 spiro atoms. The summed E-state index contributed by atoms with van der Waals surface area (Å²) in [7, 11) is 0. The van der Waals surface area contributed by atoms with Gasteiger partial charge < -0.3 is 6.53 Å². The first-order valence-corrected chi connectivity index (χ1v) is 2.58. The molecule has 0 aliphatic heterocycles. The van der Waals surface area contributed by atoms with E-state index in [4.69, 9.17) is 5.11 Å². The Labute approximate surface area is 99.0 Å². The van der Waals surface area contributed by atoms with Crippen LogP contribution >= 0.6 is 0 Å². The average Bonchev–Trinajstić information content (AvgIpc) is 1.90. The fraction of sp³-hybridized carbons (Fsp3) is 0.143. The molecule has 1 aromatic carbocycles. The van der Waals surface area contributed by atoms with E-state index in [2.05, 4.69) is 0 Å². The average molecular weight is 148 g/mol. The van der Waals surface area contributed by atoms with E-state index < -0.39 is 0 Å². The van der Waals surface area contributed by atoms with Crippen molar-refractivity contribution in [3.63, 3.8) is 0 Å². The molecular formula is C7H9KO. The van der Waals surface area contributed by atoms with Gasteiger partial charge in [-0.15, -0.1) is 0 Å². The standard InChI is InChI=1S/C7H8O.K.H/c8-6-7-4-2-1-3-5-7;;/h1-5,8H,6H2;;/q;+1;-1. The van der Waals surface area contributed by atoms with Crippen molar-refractivity contribution in [1.82, 2.24) is 0 Å². The monoisotopic (exact) mass is 148 g/mol. The Morgan fingerprint density at radius 1 is 1.22 bits per heavy atom. The molecule has 0 saturated carbocycles. The molecule has 1 aromatic rings. The maximum absolute atomic E-state index is 8.54. The van der Waals surface area contributed by atoms with Crippen LogP contribution in [0.1, 0.15) is 6.99 Å². The molecule has 0 aliphatic rings. The predicted molar refractivity (Wildman–Crippen MR) is 33.5 cm³/mol. The number of rotatable bonds is 1. The predicted octanol–water partition coefficient (Wildman–Crippen LogP) is -1.70. The van der Waals surface area contributed by atoms with Crippen LogP contribution in [0, 0.1) is 0 Å². The van der Waals surface area contributed by atoms with Gasteiger partial charge in [0.25, 0.3) is 0 Å². The van der Waals surface area contributed by atoms with Crippen LogP contribution in [0.2, 0.25) is 0 Å². The van der Waals surface area contributed by atoms with Crippen LogP contribution in [0.4, 0.5) is 0 Å². The van der Waals surface area contributed by atoms with Gasteiger partial charge in [0.15, 0.2) is 0 Å². The third-order valence-electron chi connectivity index (χ3n) is 1.03. The molecule has 1 rings (SSSR count). The summed E-state index contributed by atoms with van der Waals surface area (Å²) in [6.45, 7) is 0.140. The summed E-state index contributed by atoms with van der Waals surface area (Å²) < 4.78 is 0. The van der Waals surface area contributed by atoms with Crippen molar-refractivity contribution in [2.45, 2.75) is 6.61 Å². The van der Waals surface area contributed by atoms with Crippen molar-refractivity contribution in [3.8, 4) is 0 Å². The van der Waals surface area contributed by atoms with Crippen molar-refractivity contribution >= 4 is 0 Å². The molecule has 0 heterocycles. The minimum atomic E-state index is 0. The van der Waals surface area contributed by atoms with Gasteiger partial charge in [0.1, 0.15) is 0 Å². The normalized spacial score (nSPS) is 8.11. The van der Waals surface area contributed by atoms with Gasteiger partial charge in [-0.25, -0.2) is 0 Å². The molecule has 0 radical (unpaired) electrons. The first-order valence-electron chi connectivity index (χ1n) is 2.58. The minimum absolute atomic E-state index is 0. The van der Waals surface area contributed by atoms with Gasteiger partial charge >= 0.3 is 51.4 Å². The molecule has 0 unspecified atom stereocenters. The molecule has 0 aliphatic carbocycles. The van der Waals surface area contributed by atoms with Gasteiger partial charge in [0.05, 0.1) is 6.61 Å². The van der Waals surface area contributed by atoms with E-state index in [1.165, 1.54) is 0 Å². The SMILES string of the molecule is OCc1ccccc1.[H-].[K+]. The smallest absolute Gasteiger partial charge is 1.00 e. The zero-order chi connectivity index (χ0) is 5.82. The summed E-state index contributed by atoms with van der Waals surface area (Å²) in [6.07, 6.45) is 0. The van der Waals surface area contributed by atoms with Gasteiger partial charge in [-0.1, -0.05) is 30.3 Å². The Balaban J connectivity index is 0. The van der Waals surface area contributed by atoms with Crippen LogP contribution in [0.25, 0.3) is 0 Å². The van der Waals surface area contributed by atoms with E-state index >= 15 is 0 Å². The Hall–Kier alpha value is 0.816. The van der Waals surface area contributed by atoms with Gasteiger partial charge in [-0.05, 0) is 5.56 Å². The van der Waals surface area contributed by atoms with Crippen molar-refractivity contribution in [2.75, 3.05) is 0 Å². The number of aliphatic hydroxyl groups excluding tert-OH is 1. The summed E-state index contributed by atoms with van der Waals surface area (Å²) in [5, 5.41) is 8.54. The third-order valence-corrected chi connectivity index (χ3v) is 1.03. The van der Waals surface area contributed by atoms with E-state index in [0.29, 0.717) is 0 Å². The van der Waals surface area contributed by atoms with Crippen LogP contribution in [-0.4, -0.2) is 5.11 Å². The van der Waals surface area contributed by atoms with E-state index in [-0.39, 0.29) is 59.4 Å². The van der Waals surface area contributed by atoms with Gasteiger partial charge in [0, 0.05) is 0 Å². The molecule has 0 aromatic heterocycles. The fourth-order valence-corrected chi connectivity index (χ4v) is 0.583. The van der Waals surface area contributed by atoms with E-state index in [0.717, 1.165) is 5.56 Å². The number of hydrogen-bond donors (Lipinski definition) is 1. The zero-order valence-electron chi connectivity index (χ0n) is 6.54. The number of hydrogen-bond acceptors (Lipinski definition) is 1. The van der Waals surface area contributed by atoms with E-state index in [1.807, 2.05) is 30.3 Å². The van der Waals surface area contributed by atoms with Crippen LogP contribution < -0.4 is 51.4 Å². The molecule has 44 valence electrons. The first-order chi connectivity index (χ1) is 3.93. The summed E-state index contributed by atoms with van der Waals surface area (Å²) in [5.41, 5.74) is 0.965. The third kappa shape index (κ3) is 3.50. The Morgan fingerprint density at radius 3 is 2.11 bits per heavy atom. The van der Waals surface area contributed by atoms with Crippen LogP contribution in [0.15, 0.2) is 30.3 Å². The van der Waals surface area contributed by atoms with E-state index in [1.54, 1.807) is 0 Å². The van der Waals surface area contributed by atoms with Gasteiger partial charge in [-0.2, -0.15) is 0 Å². The molecule has 0 fully saturated rings. The van der Waals surface area contributed by atoms with Crippen molar-refractivity contribution in [2.24, 2.45) is 0 Å². The van der Waals surface area contributed by atoms with Gasteiger partial charge in [0.2, 0.25) is 0 Å². The second-order valence-electron chi connectivity index (χ2n) is 1.64. The molecule has 1 nitrogen and oxygen atoms in total. The first kappa shape index (κ1) is 9.82. The second-order valence-corrected chi connectivity index (χ2v) is 1.64. The minimum Gasteiger partial charge on any atom is -1.00 e. The summed E-state index contributed by atoms with van der Waals surface area (Å²) in [4.78, 5) is 0. The molecule has 9 heavy (non-hydrogen) atoms. The maximum atomic E-state index is 8.54. The number of benzene rings is 1. The summed E-state index contributed by atoms with van der Waals surface area (Å²) >= 11 is 0. The fourth-order valence-electron chi connectivity index (χ4n) is 0.583. The van der Waals surface area contributed by atoms with Crippen molar-refractivity contribution in [3.05, 3.63) is 35.9 Å². The van der Waals surface area contributed by atoms with E-state index in [9.17, 15) is 0 Å². The molecule has 0 bridgehead atoms. The number of aliphatic hydroxyl groups is 1. The zero-order valence-corrected chi connectivity index (χ0v) is 8.66. The molecule has 2 heteroatoms. The quantitative estimate of drug-likeness (QED) is 0.471. The summed E-state index contributed by atoms with van der Waals surface area (Å²) in [6, 6.07) is 9.52. The Kier molecular flexibility index (Phi) is 6.10. The van der Waals surface area contributed by atoms with Crippen LogP contribution in [0.3, 0.4) is 0 Å². The van der Waals surface area contributed by atoms with Crippen LogP contribution in [-0.2, 0) is 6.61 Å². The van der Waals surface area contributed by atoms with Gasteiger partial charge in [-0.3, -0.25) is 0 Å². The Bertz CT molecular complexity index is 155. The molecule has 0 saturated heterocycles. The molecule has 1 N–H and O–H groups in total. The topological polar surface area (TPSA) is 20.2 Å². The van der Waals surface area contributed by atoms with Crippen molar-refractivity contribution in [1.29, 1.82) is 0 Å². The molecule has 0 amide bonds. The molecule has 0 atom stereocenters. The largest absolute Gasteiger partial charge is 1.00 e.